The van der Waals surface area contributed by atoms with Crippen molar-refractivity contribution in [1.82, 2.24) is 20.0 Å². The van der Waals surface area contributed by atoms with E-state index >= 15 is 0 Å². The molecule has 6 heterocycles. The SMILES string of the molecule is CN(Cc1ccc(Cl)c(N2CC3COCC3C2)c1)C1(C)CCN(C(=O)OC(C)(C)C)CC1.CN(Cc1ccc(Cl)c(N2CC3COCC3C2)c1)C1(C)CCNCC1. The summed E-state index contributed by atoms with van der Waals surface area (Å²) in [6.07, 6.45) is 4.07. The van der Waals surface area contributed by atoms with Gasteiger partial charge in [0.15, 0.2) is 0 Å². The molecule has 316 valence electrons. The maximum Gasteiger partial charge on any atom is 0.410 e. The Morgan fingerprint density at radius 3 is 1.54 bits per heavy atom. The third-order valence-electron chi connectivity index (χ3n) is 14.0. The van der Waals surface area contributed by atoms with E-state index in [9.17, 15) is 4.79 Å². The Hall–Kier alpha value is -2.31. The number of anilines is 2. The van der Waals surface area contributed by atoms with Crippen molar-refractivity contribution < 1.29 is 19.0 Å². The van der Waals surface area contributed by atoms with Crippen molar-refractivity contribution in [1.29, 1.82) is 0 Å². The fraction of sp³-hybridized carbons (Fsp3) is 0.711. The van der Waals surface area contributed by atoms with Gasteiger partial charge in [0.2, 0.25) is 0 Å². The molecule has 6 saturated heterocycles. The van der Waals surface area contributed by atoms with Crippen LogP contribution in [-0.2, 0) is 27.3 Å². The predicted octanol–water partition coefficient (Wildman–Crippen LogP) is 7.64. The van der Waals surface area contributed by atoms with Gasteiger partial charge in [0, 0.05) is 87.1 Å². The zero-order chi connectivity index (χ0) is 40.5. The summed E-state index contributed by atoms with van der Waals surface area (Å²) in [6, 6.07) is 13.0. The second-order valence-electron chi connectivity index (χ2n) is 19.4. The zero-order valence-electron chi connectivity index (χ0n) is 35.6. The molecule has 4 unspecified atom stereocenters. The summed E-state index contributed by atoms with van der Waals surface area (Å²) >= 11 is 13.2. The van der Waals surface area contributed by atoms with Gasteiger partial charge < -0.3 is 34.2 Å². The number of fused-ring (bicyclic) bond motifs is 2. The number of hydrogen-bond donors (Lipinski definition) is 1. The number of likely N-dealkylation sites (tertiary alicyclic amines) is 1. The lowest BCUT2D eigenvalue weighted by Crippen LogP contribution is -2.53. The minimum Gasteiger partial charge on any atom is -0.444 e. The monoisotopic (exact) mass is 826 g/mol. The fourth-order valence-electron chi connectivity index (χ4n) is 9.72. The Kier molecular flexibility index (Phi) is 13.3. The van der Waals surface area contributed by atoms with Gasteiger partial charge in [0.05, 0.1) is 47.8 Å². The van der Waals surface area contributed by atoms with Crippen LogP contribution in [0.25, 0.3) is 0 Å². The average molecular weight is 828 g/mol. The third-order valence-corrected chi connectivity index (χ3v) is 14.7. The van der Waals surface area contributed by atoms with E-state index in [4.69, 9.17) is 37.4 Å². The lowest BCUT2D eigenvalue weighted by atomic mass is 9.87. The van der Waals surface area contributed by atoms with Gasteiger partial charge in [-0.1, -0.05) is 35.3 Å². The topological polar surface area (TPSA) is 73.0 Å². The summed E-state index contributed by atoms with van der Waals surface area (Å²) in [5.41, 5.74) is 4.86. The molecule has 10 nitrogen and oxygen atoms in total. The molecule has 2 aromatic rings. The summed E-state index contributed by atoms with van der Waals surface area (Å²) < 4.78 is 16.8. The number of nitrogens with zero attached hydrogens (tertiary/aromatic N) is 5. The van der Waals surface area contributed by atoms with Crippen LogP contribution in [0.3, 0.4) is 0 Å². The number of ether oxygens (including phenoxy) is 3. The van der Waals surface area contributed by atoms with E-state index in [0.29, 0.717) is 23.7 Å². The Morgan fingerprint density at radius 1 is 0.737 bits per heavy atom. The summed E-state index contributed by atoms with van der Waals surface area (Å²) in [7, 11) is 4.45. The first-order valence-corrected chi connectivity index (χ1v) is 22.2. The number of carbonyl (C=O) groups is 1. The van der Waals surface area contributed by atoms with Crippen LogP contribution in [-0.4, -0.2) is 130 Å². The first-order chi connectivity index (χ1) is 27.1. The van der Waals surface area contributed by atoms with Gasteiger partial charge in [0.25, 0.3) is 0 Å². The molecule has 57 heavy (non-hydrogen) atoms. The highest BCUT2D eigenvalue weighted by molar-refractivity contribution is 6.33. The van der Waals surface area contributed by atoms with E-state index in [2.05, 4.69) is 83.2 Å². The van der Waals surface area contributed by atoms with Crippen molar-refractivity contribution >= 4 is 40.7 Å². The number of hydrogen-bond acceptors (Lipinski definition) is 9. The highest BCUT2D eigenvalue weighted by atomic mass is 35.5. The molecule has 6 aliphatic heterocycles. The van der Waals surface area contributed by atoms with E-state index in [-0.39, 0.29) is 17.2 Å². The minimum atomic E-state index is -0.456. The maximum atomic E-state index is 12.4. The van der Waals surface area contributed by atoms with E-state index in [0.717, 1.165) is 120 Å². The molecule has 0 aliphatic carbocycles. The highest BCUT2D eigenvalue weighted by Gasteiger charge is 2.40. The average Bonchev–Trinajstić information content (AvgIpc) is 3.96. The molecule has 0 radical (unpaired) electrons. The van der Waals surface area contributed by atoms with Crippen molar-refractivity contribution in [2.45, 2.75) is 90.1 Å². The molecule has 0 saturated carbocycles. The first kappa shape index (κ1) is 42.8. The smallest absolute Gasteiger partial charge is 0.410 e. The summed E-state index contributed by atoms with van der Waals surface area (Å²) in [6.45, 7) is 23.7. The lowest BCUT2D eigenvalue weighted by Gasteiger charge is -2.45. The van der Waals surface area contributed by atoms with E-state index in [1.807, 2.05) is 31.7 Å². The molecule has 1 N–H and O–H groups in total. The molecule has 12 heteroatoms. The number of rotatable bonds is 8. The van der Waals surface area contributed by atoms with Gasteiger partial charge in [-0.25, -0.2) is 4.79 Å². The molecular weight excluding hydrogens is 759 g/mol. The molecule has 1 amide bonds. The molecule has 2 aromatic carbocycles. The standard InChI is InChI=1S/C25H38ClN3O3.C20H30ClN3O/c1-24(2,3)32-23(30)28-10-8-25(4,9-11-28)27(5)13-18-6-7-21(26)22(12-18)29-14-19-16-31-17-20(19)15-29;1-20(5-7-22-8-6-20)23(2)10-15-3-4-18(21)19(9-15)24-11-16-13-25-14-17(16)12-24/h6-7,12,19-20H,8-11,13-17H2,1-5H3;3-4,9,16-17,22H,5-8,10-14H2,1-2H3. The highest BCUT2D eigenvalue weighted by Crippen LogP contribution is 2.39. The van der Waals surface area contributed by atoms with Crippen LogP contribution in [0.4, 0.5) is 16.2 Å². The van der Waals surface area contributed by atoms with Crippen molar-refractivity contribution in [2.24, 2.45) is 23.7 Å². The van der Waals surface area contributed by atoms with Crippen molar-refractivity contribution in [3.63, 3.8) is 0 Å². The Balaban J connectivity index is 0.000000179. The summed E-state index contributed by atoms with van der Waals surface area (Å²) in [5, 5.41) is 5.17. The van der Waals surface area contributed by atoms with E-state index in [1.54, 1.807) is 0 Å². The second-order valence-corrected chi connectivity index (χ2v) is 20.2. The number of amides is 1. The summed E-state index contributed by atoms with van der Waals surface area (Å²) in [4.78, 5) is 24.1. The van der Waals surface area contributed by atoms with Crippen molar-refractivity contribution in [3.05, 3.63) is 57.6 Å². The van der Waals surface area contributed by atoms with Gasteiger partial charge in [-0.05, 0) is 123 Å². The van der Waals surface area contributed by atoms with Gasteiger partial charge in [-0.2, -0.15) is 0 Å². The number of halogens is 2. The van der Waals surface area contributed by atoms with Gasteiger partial charge in [-0.15, -0.1) is 0 Å². The molecule has 6 aliphatic rings. The van der Waals surface area contributed by atoms with E-state index in [1.165, 1.54) is 29.7 Å². The van der Waals surface area contributed by atoms with Crippen molar-refractivity contribution in [2.75, 3.05) is 103 Å². The normalized spacial score (nSPS) is 26.8. The number of carbonyl (C=O) groups excluding carboxylic acids is 1. The molecule has 4 atom stereocenters. The lowest BCUT2D eigenvalue weighted by molar-refractivity contribution is 0.00171. The van der Waals surface area contributed by atoms with Crippen LogP contribution in [0.2, 0.25) is 10.0 Å². The first-order valence-electron chi connectivity index (χ1n) is 21.4. The van der Waals surface area contributed by atoms with Crippen LogP contribution >= 0.6 is 23.2 Å². The molecule has 0 spiro atoms. The second kappa shape index (κ2) is 17.7. The fourth-order valence-corrected chi connectivity index (χ4v) is 10.2. The van der Waals surface area contributed by atoms with Crippen LogP contribution in [0.5, 0.6) is 0 Å². The molecule has 0 bridgehead atoms. The molecule has 0 aromatic heterocycles. The van der Waals surface area contributed by atoms with Crippen molar-refractivity contribution in [3.8, 4) is 0 Å². The quantitative estimate of drug-likeness (QED) is 0.289. The Morgan fingerprint density at radius 2 is 1.14 bits per heavy atom. The van der Waals surface area contributed by atoms with Crippen LogP contribution in [0.15, 0.2) is 36.4 Å². The van der Waals surface area contributed by atoms with Gasteiger partial charge in [0.1, 0.15) is 5.60 Å². The Labute approximate surface area is 352 Å². The van der Waals surface area contributed by atoms with Crippen LogP contribution < -0.4 is 15.1 Å². The van der Waals surface area contributed by atoms with Crippen LogP contribution in [0, 0.1) is 23.7 Å². The summed E-state index contributed by atoms with van der Waals surface area (Å²) in [5.74, 6) is 2.62. The number of benzene rings is 2. The molecule has 6 fully saturated rings. The van der Waals surface area contributed by atoms with Crippen LogP contribution in [0.1, 0.15) is 71.4 Å². The van der Waals surface area contributed by atoms with Gasteiger partial charge >= 0.3 is 6.09 Å². The third kappa shape index (κ3) is 10.2. The predicted molar refractivity (Wildman–Crippen MR) is 232 cm³/mol. The van der Waals surface area contributed by atoms with Gasteiger partial charge in [-0.3, -0.25) is 9.80 Å². The number of piperidine rings is 2. The number of nitrogens with one attached hydrogen (secondary N) is 1. The molecule has 8 rings (SSSR count). The van der Waals surface area contributed by atoms with E-state index < -0.39 is 5.60 Å². The maximum absolute atomic E-state index is 12.4. The Bertz CT molecular complexity index is 1670. The zero-order valence-corrected chi connectivity index (χ0v) is 37.1. The largest absolute Gasteiger partial charge is 0.444 e. The molecular formula is C45H68Cl2N6O4. The minimum absolute atomic E-state index is 0.0420.